The van der Waals surface area contributed by atoms with E-state index >= 15 is 0 Å². The molecule has 0 aliphatic carbocycles. The summed E-state index contributed by atoms with van der Waals surface area (Å²) in [5.41, 5.74) is 2.10. The smallest absolute Gasteiger partial charge is 0.0444 e. The van der Waals surface area contributed by atoms with Crippen molar-refractivity contribution >= 4 is 33.3 Å². The van der Waals surface area contributed by atoms with E-state index in [2.05, 4.69) is 19.1 Å². The number of hydrogen-bond donors (Lipinski definition) is 0. The van der Waals surface area contributed by atoms with Crippen LogP contribution in [0.4, 0.5) is 0 Å². The van der Waals surface area contributed by atoms with Gasteiger partial charge in [-0.25, -0.2) is 0 Å². The first-order valence-corrected chi connectivity index (χ1v) is 9.81. The molecule has 0 bridgehead atoms. The predicted octanol–water partition coefficient (Wildman–Crippen LogP) is 8.13. The highest BCUT2D eigenvalue weighted by Crippen LogP contribution is 2.28. The van der Waals surface area contributed by atoms with Crippen molar-refractivity contribution < 1.29 is 0 Å². The monoisotopic (exact) mass is 372 g/mol. The Hall–Kier alpha value is -1.50. The van der Waals surface area contributed by atoms with Crippen molar-refractivity contribution in [3.05, 3.63) is 83.9 Å². The van der Waals surface area contributed by atoms with Crippen LogP contribution in [0.3, 0.4) is 0 Å². The van der Waals surface area contributed by atoms with Gasteiger partial charge in [-0.15, -0.1) is 0 Å². The van der Waals surface area contributed by atoms with Crippen LogP contribution in [-0.4, -0.2) is 0 Å². The van der Waals surface area contributed by atoms with Gasteiger partial charge >= 0.3 is 0 Å². The van der Waals surface area contributed by atoms with Crippen LogP contribution in [0.5, 0.6) is 0 Å². The Balaban J connectivity index is 2.17. The van der Waals surface area contributed by atoms with Crippen LogP contribution in [-0.2, 0) is 0 Å². The van der Waals surface area contributed by atoms with Crippen LogP contribution in [0.25, 0.3) is 10.1 Å². The number of benzene rings is 2. The highest BCUT2D eigenvalue weighted by molar-refractivity contribution is 6.49. The fourth-order valence-corrected chi connectivity index (χ4v) is 3.36. The second-order valence-corrected chi connectivity index (χ2v) is 7.09. The first-order chi connectivity index (χ1) is 12.2. The molecule has 0 aliphatic rings. The van der Waals surface area contributed by atoms with E-state index in [1.807, 2.05) is 60.7 Å². The minimum atomic E-state index is 0.234. The van der Waals surface area contributed by atoms with Gasteiger partial charge in [0.15, 0.2) is 0 Å². The topological polar surface area (TPSA) is 0 Å². The molecule has 2 rings (SSSR count). The molecule has 2 aromatic carbocycles. The van der Waals surface area contributed by atoms with Gasteiger partial charge in [-0.05, 0) is 23.5 Å². The average Bonchev–Trinajstić information content (AvgIpc) is 2.66. The molecule has 0 heterocycles. The molecule has 25 heavy (non-hydrogen) atoms. The van der Waals surface area contributed by atoms with Gasteiger partial charge in [0.25, 0.3) is 0 Å². The van der Waals surface area contributed by atoms with E-state index in [1.165, 1.54) is 25.7 Å². The maximum Gasteiger partial charge on any atom is 0.0444 e. The third-order valence-corrected chi connectivity index (χ3v) is 4.90. The van der Waals surface area contributed by atoms with Crippen LogP contribution >= 0.6 is 23.2 Å². The van der Waals surface area contributed by atoms with Crippen molar-refractivity contribution in [1.82, 2.24) is 0 Å². The van der Waals surface area contributed by atoms with E-state index in [-0.39, 0.29) is 5.92 Å². The Bertz CT molecular complexity index is 616. The zero-order chi connectivity index (χ0) is 17.9. The summed E-state index contributed by atoms with van der Waals surface area (Å²) in [5, 5.41) is 1.57. The Morgan fingerprint density at radius 1 is 0.760 bits per heavy atom. The average molecular weight is 373 g/mol. The van der Waals surface area contributed by atoms with Crippen LogP contribution in [0.1, 0.15) is 50.2 Å². The highest BCUT2D eigenvalue weighted by Gasteiger charge is 2.08. The molecule has 0 amide bonds. The lowest BCUT2D eigenvalue weighted by Gasteiger charge is -2.11. The summed E-state index contributed by atoms with van der Waals surface area (Å²) >= 11 is 13.1. The summed E-state index contributed by atoms with van der Waals surface area (Å²) in [5.74, 6) is 0.234. The van der Waals surface area contributed by atoms with Crippen LogP contribution in [0, 0.1) is 5.92 Å². The predicted molar refractivity (Wildman–Crippen MR) is 113 cm³/mol. The number of unbranched alkanes of at least 4 members (excludes halogenated alkanes) is 3. The molecule has 0 radical (unpaired) electrons. The number of hydrogen-bond acceptors (Lipinski definition) is 0. The molecule has 1 atom stereocenters. The fourth-order valence-electron chi connectivity index (χ4n) is 2.78. The van der Waals surface area contributed by atoms with Gasteiger partial charge in [-0.3, -0.25) is 0 Å². The van der Waals surface area contributed by atoms with Crippen LogP contribution < -0.4 is 0 Å². The molecule has 0 nitrogen and oxygen atoms in total. The molecule has 132 valence electrons. The van der Waals surface area contributed by atoms with Gasteiger partial charge in [-0.2, -0.15) is 0 Å². The van der Waals surface area contributed by atoms with Gasteiger partial charge in [0, 0.05) is 10.1 Å². The van der Waals surface area contributed by atoms with Gasteiger partial charge in [-0.1, -0.05) is 129 Å². The molecule has 0 saturated carbocycles. The molecule has 0 aromatic heterocycles. The summed E-state index contributed by atoms with van der Waals surface area (Å²) in [6, 6.07) is 20.2. The zero-order valence-corrected chi connectivity index (χ0v) is 16.3. The first-order valence-electron chi connectivity index (χ1n) is 9.06. The van der Waals surface area contributed by atoms with Crippen LogP contribution in [0.2, 0.25) is 0 Å². The standard InChI is InChI=1S/C23H26Cl2/c1-2-3-4-7-12-19(17-22(24)20-13-8-5-9-14-20)18-23(25)21-15-10-6-11-16-21/h5-6,8-11,13-19H,2-4,7,12H2,1H3/b22-17-,23-18+. The van der Waals surface area contributed by atoms with Crippen molar-refractivity contribution in [1.29, 1.82) is 0 Å². The highest BCUT2D eigenvalue weighted by atomic mass is 35.5. The maximum absolute atomic E-state index is 6.56. The van der Waals surface area contributed by atoms with E-state index < -0.39 is 0 Å². The normalized spacial score (nSPS) is 13.7. The maximum atomic E-state index is 6.56. The third kappa shape index (κ3) is 7.10. The zero-order valence-electron chi connectivity index (χ0n) is 14.8. The largest absolute Gasteiger partial charge is 0.0840 e. The Labute approximate surface area is 162 Å². The minimum absolute atomic E-state index is 0.234. The molecule has 2 aromatic rings. The Morgan fingerprint density at radius 2 is 1.24 bits per heavy atom. The Kier molecular flexibility index (Phi) is 8.86. The van der Waals surface area contributed by atoms with Crippen molar-refractivity contribution in [3.8, 4) is 0 Å². The van der Waals surface area contributed by atoms with Crippen molar-refractivity contribution in [2.75, 3.05) is 0 Å². The molecular weight excluding hydrogens is 347 g/mol. The van der Waals surface area contributed by atoms with E-state index in [0.717, 1.165) is 27.6 Å². The van der Waals surface area contributed by atoms with Gasteiger partial charge in [0.05, 0.1) is 0 Å². The van der Waals surface area contributed by atoms with Crippen molar-refractivity contribution in [2.24, 2.45) is 5.92 Å². The molecule has 0 spiro atoms. The number of allylic oxidation sites excluding steroid dienone is 2. The molecule has 0 fully saturated rings. The fraction of sp³-hybridized carbons (Fsp3) is 0.304. The first kappa shape index (κ1) is 19.8. The molecule has 0 aliphatic heterocycles. The number of rotatable bonds is 9. The summed E-state index contributed by atoms with van der Waals surface area (Å²) < 4.78 is 0. The summed E-state index contributed by atoms with van der Waals surface area (Å²) in [7, 11) is 0. The minimum Gasteiger partial charge on any atom is -0.0840 e. The molecule has 0 saturated heterocycles. The van der Waals surface area contributed by atoms with Gasteiger partial charge < -0.3 is 0 Å². The molecular formula is C23H26Cl2. The van der Waals surface area contributed by atoms with E-state index in [4.69, 9.17) is 23.2 Å². The number of halogens is 2. The molecule has 0 N–H and O–H groups in total. The van der Waals surface area contributed by atoms with Gasteiger partial charge in [0.1, 0.15) is 0 Å². The second kappa shape index (κ2) is 11.2. The second-order valence-electron chi connectivity index (χ2n) is 6.27. The summed E-state index contributed by atoms with van der Waals surface area (Å²) in [4.78, 5) is 0. The van der Waals surface area contributed by atoms with Crippen molar-refractivity contribution in [2.45, 2.75) is 39.0 Å². The molecule has 2 heteroatoms. The summed E-state index contributed by atoms with van der Waals surface area (Å²) in [6.45, 7) is 2.23. The van der Waals surface area contributed by atoms with Crippen LogP contribution in [0.15, 0.2) is 72.8 Å². The Morgan fingerprint density at radius 3 is 1.68 bits per heavy atom. The van der Waals surface area contributed by atoms with E-state index in [0.29, 0.717) is 0 Å². The lowest BCUT2D eigenvalue weighted by Crippen LogP contribution is -1.95. The lowest BCUT2D eigenvalue weighted by atomic mass is 9.97. The SMILES string of the molecule is CCCCCCC(/C=C(\Cl)c1ccccc1)/C=C(/Cl)c1ccccc1. The third-order valence-electron chi connectivity index (χ3n) is 4.21. The van der Waals surface area contributed by atoms with Gasteiger partial charge in [0.2, 0.25) is 0 Å². The molecule has 1 unspecified atom stereocenters. The van der Waals surface area contributed by atoms with E-state index in [1.54, 1.807) is 0 Å². The summed E-state index contributed by atoms with van der Waals surface area (Å²) in [6.07, 6.45) is 10.3. The lowest BCUT2D eigenvalue weighted by molar-refractivity contribution is 0.591. The quantitative estimate of drug-likeness (QED) is 0.389. The van der Waals surface area contributed by atoms with Crippen molar-refractivity contribution in [3.63, 3.8) is 0 Å². The van der Waals surface area contributed by atoms with E-state index in [9.17, 15) is 0 Å².